The predicted octanol–water partition coefficient (Wildman–Crippen LogP) is 2.93. The molecule has 0 spiro atoms. The monoisotopic (exact) mass is 365 g/mol. The number of hydrogen-bond acceptors (Lipinski definition) is 5. The summed E-state index contributed by atoms with van der Waals surface area (Å²) in [6.45, 7) is 3.94. The molecule has 1 aliphatic heterocycles. The lowest BCUT2D eigenvalue weighted by Crippen LogP contribution is -2.54. The third kappa shape index (κ3) is 3.87. The van der Waals surface area contributed by atoms with Gasteiger partial charge in [0.15, 0.2) is 0 Å². The number of pyridine rings is 1. The van der Waals surface area contributed by atoms with Crippen LogP contribution >= 0.6 is 0 Å². The van der Waals surface area contributed by atoms with Gasteiger partial charge >= 0.3 is 6.03 Å². The number of rotatable bonds is 5. The molecule has 1 aromatic heterocycles. The van der Waals surface area contributed by atoms with E-state index in [1.165, 1.54) is 18.5 Å². The number of amides is 4. The van der Waals surface area contributed by atoms with Gasteiger partial charge in [0, 0.05) is 11.8 Å². The summed E-state index contributed by atoms with van der Waals surface area (Å²) in [7, 11) is 0. The molecule has 7 nitrogen and oxygen atoms in total. The van der Waals surface area contributed by atoms with Gasteiger partial charge in [0.2, 0.25) is 0 Å². The number of para-hydroxylation sites is 1. The number of nitrogens with one attached hydrogen (secondary N) is 1. The van der Waals surface area contributed by atoms with Crippen molar-refractivity contribution in [3.05, 3.63) is 59.9 Å². The van der Waals surface area contributed by atoms with Crippen LogP contribution in [0.25, 0.3) is 6.08 Å². The van der Waals surface area contributed by atoms with Gasteiger partial charge in [-0.3, -0.25) is 19.9 Å². The molecule has 0 unspecified atom stereocenters. The Labute approximate surface area is 156 Å². The Balaban J connectivity index is 1.99. The summed E-state index contributed by atoms with van der Waals surface area (Å²) in [5, 5.41) is 2.19. The van der Waals surface area contributed by atoms with E-state index in [9.17, 15) is 14.4 Å². The van der Waals surface area contributed by atoms with E-state index in [1.54, 1.807) is 30.3 Å². The third-order valence-corrected chi connectivity index (χ3v) is 4.13. The highest BCUT2D eigenvalue weighted by molar-refractivity contribution is 6.39. The van der Waals surface area contributed by atoms with Crippen molar-refractivity contribution in [2.45, 2.75) is 26.4 Å². The largest absolute Gasteiger partial charge is 0.490 e. The topological polar surface area (TPSA) is 88.6 Å². The SMILES string of the molecule is CC[C@H](C)Oc1ccccc1/C=C1\C(=O)NC(=O)N(c2cccnc2)C1=O. The molecule has 7 heteroatoms. The molecule has 1 N–H and O–H groups in total. The van der Waals surface area contributed by atoms with E-state index in [4.69, 9.17) is 4.74 Å². The van der Waals surface area contributed by atoms with Gasteiger partial charge in [-0.05, 0) is 37.6 Å². The van der Waals surface area contributed by atoms with Gasteiger partial charge in [-0.15, -0.1) is 0 Å². The predicted molar refractivity (Wildman–Crippen MR) is 100 cm³/mol. The second-order valence-corrected chi connectivity index (χ2v) is 6.04. The number of benzene rings is 1. The maximum atomic E-state index is 12.8. The van der Waals surface area contributed by atoms with Crippen molar-refractivity contribution in [2.24, 2.45) is 0 Å². The molecule has 138 valence electrons. The standard InChI is InChI=1S/C20H19N3O4/c1-3-13(2)27-17-9-5-4-7-14(17)11-16-18(24)22-20(26)23(19(16)25)15-8-6-10-21-12-15/h4-13H,3H2,1-2H3,(H,22,24,26)/b16-11+/t13-/m0/s1. The quantitative estimate of drug-likeness (QED) is 0.650. The van der Waals surface area contributed by atoms with E-state index in [0.29, 0.717) is 11.3 Å². The molecule has 1 atom stereocenters. The summed E-state index contributed by atoms with van der Waals surface area (Å²) in [6.07, 6.45) is 5.14. The first-order chi connectivity index (χ1) is 13.0. The molecule has 0 saturated carbocycles. The van der Waals surface area contributed by atoms with E-state index < -0.39 is 17.8 Å². The van der Waals surface area contributed by atoms with Gasteiger partial charge in [0.25, 0.3) is 11.8 Å². The number of barbiturate groups is 1. The zero-order chi connectivity index (χ0) is 19.4. The second kappa shape index (κ2) is 7.82. The fourth-order valence-corrected chi connectivity index (χ4v) is 2.54. The van der Waals surface area contributed by atoms with Crippen molar-refractivity contribution >= 4 is 29.6 Å². The van der Waals surface area contributed by atoms with Crippen LogP contribution in [0, 0.1) is 0 Å². The fourth-order valence-electron chi connectivity index (χ4n) is 2.54. The minimum absolute atomic E-state index is 0.0195. The number of hydrogen-bond donors (Lipinski definition) is 1. The van der Waals surface area contributed by atoms with Crippen LogP contribution in [0.15, 0.2) is 54.4 Å². The lowest BCUT2D eigenvalue weighted by molar-refractivity contribution is -0.122. The van der Waals surface area contributed by atoms with Crippen molar-refractivity contribution in [3.8, 4) is 5.75 Å². The summed E-state index contributed by atoms with van der Waals surface area (Å²) in [4.78, 5) is 42.1. The fraction of sp³-hybridized carbons (Fsp3) is 0.200. The lowest BCUT2D eigenvalue weighted by Gasteiger charge is -2.26. The Kier molecular flexibility index (Phi) is 5.30. The van der Waals surface area contributed by atoms with Gasteiger partial charge in [-0.2, -0.15) is 0 Å². The highest BCUT2D eigenvalue weighted by atomic mass is 16.5. The number of ether oxygens (including phenoxy) is 1. The minimum Gasteiger partial charge on any atom is -0.490 e. The molecule has 2 heterocycles. The second-order valence-electron chi connectivity index (χ2n) is 6.04. The molecule has 2 aromatic rings. The lowest BCUT2D eigenvalue weighted by atomic mass is 10.1. The molecule has 3 rings (SSSR count). The van der Waals surface area contributed by atoms with E-state index in [-0.39, 0.29) is 17.4 Å². The van der Waals surface area contributed by atoms with Crippen molar-refractivity contribution in [3.63, 3.8) is 0 Å². The van der Waals surface area contributed by atoms with Crippen molar-refractivity contribution < 1.29 is 19.1 Å². The number of urea groups is 1. The number of imide groups is 2. The first-order valence-corrected chi connectivity index (χ1v) is 8.58. The Morgan fingerprint density at radius 3 is 2.67 bits per heavy atom. The van der Waals surface area contributed by atoms with Gasteiger partial charge in [0.1, 0.15) is 11.3 Å². The minimum atomic E-state index is -0.806. The Bertz CT molecular complexity index is 908. The third-order valence-electron chi connectivity index (χ3n) is 4.13. The van der Waals surface area contributed by atoms with Crippen LogP contribution in [0.3, 0.4) is 0 Å². The molecule has 1 fully saturated rings. The van der Waals surface area contributed by atoms with Gasteiger partial charge < -0.3 is 4.74 Å². The molecule has 1 aromatic carbocycles. The van der Waals surface area contributed by atoms with E-state index in [1.807, 2.05) is 19.9 Å². The van der Waals surface area contributed by atoms with E-state index in [0.717, 1.165) is 11.3 Å². The van der Waals surface area contributed by atoms with Crippen LogP contribution in [0.4, 0.5) is 10.5 Å². The first-order valence-electron chi connectivity index (χ1n) is 8.58. The summed E-state index contributed by atoms with van der Waals surface area (Å²) < 4.78 is 5.86. The van der Waals surface area contributed by atoms with Crippen LogP contribution in [0.2, 0.25) is 0 Å². The zero-order valence-electron chi connectivity index (χ0n) is 15.0. The highest BCUT2D eigenvalue weighted by Gasteiger charge is 2.37. The van der Waals surface area contributed by atoms with Crippen LogP contribution in [0.1, 0.15) is 25.8 Å². The van der Waals surface area contributed by atoms with Crippen LogP contribution in [-0.4, -0.2) is 28.9 Å². The highest BCUT2D eigenvalue weighted by Crippen LogP contribution is 2.26. The van der Waals surface area contributed by atoms with Gasteiger partial charge in [-0.25, -0.2) is 9.69 Å². The molecule has 0 bridgehead atoms. The molecule has 0 aliphatic carbocycles. The van der Waals surface area contributed by atoms with Crippen LogP contribution in [0.5, 0.6) is 5.75 Å². The molecular weight excluding hydrogens is 346 g/mol. The molecule has 27 heavy (non-hydrogen) atoms. The first kappa shape index (κ1) is 18.3. The Hall–Kier alpha value is -3.48. The molecular formula is C20H19N3O4. The number of carbonyl (C=O) groups is 3. The number of anilines is 1. The Morgan fingerprint density at radius 1 is 1.19 bits per heavy atom. The molecule has 1 aliphatic rings. The number of nitrogens with zero attached hydrogens (tertiary/aromatic N) is 2. The van der Waals surface area contributed by atoms with Gasteiger partial charge in [-0.1, -0.05) is 25.1 Å². The van der Waals surface area contributed by atoms with E-state index in [2.05, 4.69) is 10.3 Å². The summed E-state index contributed by atoms with van der Waals surface area (Å²) in [6, 6.07) is 9.48. The Morgan fingerprint density at radius 2 is 1.96 bits per heavy atom. The van der Waals surface area contributed by atoms with E-state index >= 15 is 0 Å². The normalized spacial score (nSPS) is 17.0. The zero-order valence-corrected chi connectivity index (χ0v) is 15.0. The average Bonchev–Trinajstić information content (AvgIpc) is 2.67. The van der Waals surface area contributed by atoms with Crippen molar-refractivity contribution in [1.82, 2.24) is 10.3 Å². The summed E-state index contributed by atoms with van der Waals surface area (Å²) in [5.74, 6) is -0.900. The van der Waals surface area contributed by atoms with Crippen molar-refractivity contribution in [1.29, 1.82) is 0 Å². The smallest absolute Gasteiger partial charge is 0.336 e. The van der Waals surface area contributed by atoms with Crippen LogP contribution in [-0.2, 0) is 9.59 Å². The molecule has 4 amide bonds. The average molecular weight is 365 g/mol. The molecule has 1 saturated heterocycles. The number of carbonyl (C=O) groups excluding carboxylic acids is 3. The maximum Gasteiger partial charge on any atom is 0.336 e. The van der Waals surface area contributed by atoms with Crippen molar-refractivity contribution in [2.75, 3.05) is 4.90 Å². The summed E-state index contributed by atoms with van der Waals surface area (Å²) in [5.41, 5.74) is 0.706. The van der Waals surface area contributed by atoms with Crippen LogP contribution < -0.4 is 15.0 Å². The molecule has 0 radical (unpaired) electrons. The maximum absolute atomic E-state index is 12.8. The summed E-state index contributed by atoms with van der Waals surface area (Å²) >= 11 is 0. The number of aromatic nitrogens is 1. The van der Waals surface area contributed by atoms with Gasteiger partial charge in [0.05, 0.1) is 18.0 Å².